The van der Waals surface area contributed by atoms with Gasteiger partial charge in [-0.05, 0) is 36.8 Å². The van der Waals surface area contributed by atoms with Crippen LogP contribution in [0.4, 0.5) is 4.79 Å². The maximum absolute atomic E-state index is 12.5. The molecule has 1 N–H and O–H groups in total. The lowest BCUT2D eigenvalue weighted by Crippen LogP contribution is -2.52. The molecule has 2 heterocycles. The van der Waals surface area contributed by atoms with Gasteiger partial charge in [-0.25, -0.2) is 4.79 Å². The van der Waals surface area contributed by atoms with Gasteiger partial charge < -0.3 is 15.0 Å². The van der Waals surface area contributed by atoms with Gasteiger partial charge in [0.2, 0.25) is 5.91 Å². The van der Waals surface area contributed by atoms with E-state index < -0.39 is 0 Å². The summed E-state index contributed by atoms with van der Waals surface area (Å²) in [6.45, 7) is 13.1. The Morgan fingerprint density at radius 1 is 1.00 bits per heavy atom. The third-order valence-electron chi connectivity index (χ3n) is 6.27. The molecular formula is C24H38N4O3. The molecule has 2 aliphatic heterocycles. The van der Waals surface area contributed by atoms with Crippen molar-refractivity contribution < 1.29 is 14.3 Å². The molecule has 0 spiro atoms. The molecule has 2 amide bonds. The standard InChI is InChI=1S/C24H38N4O3/c1-4-31-24(30)28-11-9-22(10-12-28)25-23(29)18-27-15-13-26(14-16-27)17-20-5-7-21(8-6-20)19(2)3/h5-8,19,22H,4,9-18H2,1-3H3,(H,25,29). The molecule has 2 saturated heterocycles. The van der Waals surface area contributed by atoms with Gasteiger partial charge in [0.05, 0.1) is 13.2 Å². The molecule has 2 fully saturated rings. The van der Waals surface area contributed by atoms with Gasteiger partial charge in [-0.15, -0.1) is 0 Å². The summed E-state index contributed by atoms with van der Waals surface area (Å²) >= 11 is 0. The van der Waals surface area contributed by atoms with Crippen LogP contribution in [0.5, 0.6) is 0 Å². The lowest BCUT2D eigenvalue weighted by atomic mass is 10.0. The van der Waals surface area contributed by atoms with Crippen molar-refractivity contribution in [1.29, 1.82) is 0 Å². The molecule has 0 bridgehead atoms. The minimum absolute atomic E-state index is 0.0901. The number of rotatable bonds is 7. The van der Waals surface area contributed by atoms with E-state index in [4.69, 9.17) is 4.74 Å². The molecule has 1 aromatic carbocycles. The Morgan fingerprint density at radius 2 is 1.61 bits per heavy atom. The number of carbonyl (C=O) groups is 2. The number of piperidine rings is 1. The molecular weight excluding hydrogens is 392 g/mol. The van der Waals surface area contributed by atoms with Crippen LogP contribution in [0.3, 0.4) is 0 Å². The quantitative estimate of drug-likeness (QED) is 0.721. The summed E-state index contributed by atoms with van der Waals surface area (Å²) in [5.74, 6) is 0.654. The SMILES string of the molecule is CCOC(=O)N1CCC(NC(=O)CN2CCN(Cc3ccc(C(C)C)cc3)CC2)CC1. The molecule has 31 heavy (non-hydrogen) atoms. The van der Waals surface area contributed by atoms with Gasteiger partial charge in [0.1, 0.15) is 0 Å². The third kappa shape index (κ3) is 7.21. The van der Waals surface area contributed by atoms with E-state index in [1.165, 1.54) is 11.1 Å². The van der Waals surface area contributed by atoms with Crippen LogP contribution >= 0.6 is 0 Å². The molecule has 0 aliphatic carbocycles. The van der Waals surface area contributed by atoms with Crippen LogP contribution in [-0.4, -0.2) is 85.2 Å². The highest BCUT2D eigenvalue weighted by molar-refractivity contribution is 5.78. The Bertz CT molecular complexity index is 706. The molecule has 7 nitrogen and oxygen atoms in total. The summed E-state index contributed by atoms with van der Waals surface area (Å²) in [4.78, 5) is 30.7. The van der Waals surface area contributed by atoms with E-state index in [1.54, 1.807) is 4.90 Å². The van der Waals surface area contributed by atoms with Gasteiger partial charge in [-0.1, -0.05) is 38.1 Å². The maximum Gasteiger partial charge on any atom is 0.409 e. The Labute approximate surface area is 186 Å². The summed E-state index contributed by atoms with van der Waals surface area (Å²) in [5.41, 5.74) is 2.73. The van der Waals surface area contributed by atoms with Crippen LogP contribution in [-0.2, 0) is 16.1 Å². The Morgan fingerprint density at radius 3 is 2.19 bits per heavy atom. The number of hydrogen-bond donors (Lipinski definition) is 1. The second-order valence-corrected chi connectivity index (χ2v) is 8.98. The van der Waals surface area contributed by atoms with Crippen LogP contribution in [0.25, 0.3) is 0 Å². The zero-order valence-electron chi connectivity index (χ0n) is 19.3. The fourth-order valence-electron chi connectivity index (χ4n) is 4.27. The van der Waals surface area contributed by atoms with Crippen molar-refractivity contribution in [3.63, 3.8) is 0 Å². The third-order valence-corrected chi connectivity index (χ3v) is 6.27. The highest BCUT2D eigenvalue weighted by Crippen LogP contribution is 2.16. The van der Waals surface area contributed by atoms with Gasteiger partial charge in [-0.2, -0.15) is 0 Å². The van der Waals surface area contributed by atoms with E-state index >= 15 is 0 Å². The molecule has 0 saturated carbocycles. The van der Waals surface area contributed by atoms with Gasteiger partial charge in [0.15, 0.2) is 0 Å². The number of carbonyl (C=O) groups excluding carboxylic acids is 2. The first kappa shape index (κ1) is 23.5. The smallest absolute Gasteiger partial charge is 0.409 e. The van der Waals surface area contributed by atoms with Gasteiger partial charge in [-0.3, -0.25) is 14.6 Å². The van der Waals surface area contributed by atoms with Crippen molar-refractivity contribution in [2.24, 2.45) is 0 Å². The van der Waals surface area contributed by atoms with Crippen LogP contribution in [0.2, 0.25) is 0 Å². The molecule has 3 rings (SSSR count). The minimum Gasteiger partial charge on any atom is -0.450 e. The van der Waals surface area contributed by atoms with E-state index in [0.29, 0.717) is 32.2 Å². The second kappa shape index (κ2) is 11.5. The molecule has 1 aromatic rings. The first-order chi connectivity index (χ1) is 14.9. The largest absolute Gasteiger partial charge is 0.450 e. The molecule has 0 unspecified atom stereocenters. The summed E-state index contributed by atoms with van der Waals surface area (Å²) in [7, 11) is 0. The second-order valence-electron chi connectivity index (χ2n) is 8.98. The van der Waals surface area contributed by atoms with E-state index in [9.17, 15) is 9.59 Å². The number of likely N-dealkylation sites (tertiary alicyclic amines) is 1. The normalized spacial score (nSPS) is 18.9. The Kier molecular flexibility index (Phi) is 8.72. The fourth-order valence-corrected chi connectivity index (χ4v) is 4.27. The van der Waals surface area contributed by atoms with Crippen LogP contribution in [0.15, 0.2) is 24.3 Å². The van der Waals surface area contributed by atoms with Crippen LogP contribution in [0, 0.1) is 0 Å². The van der Waals surface area contributed by atoms with Crippen molar-refractivity contribution in [3.05, 3.63) is 35.4 Å². The van der Waals surface area contributed by atoms with Crippen molar-refractivity contribution in [3.8, 4) is 0 Å². The minimum atomic E-state index is -0.249. The predicted octanol–water partition coefficient (Wildman–Crippen LogP) is 2.66. The van der Waals surface area contributed by atoms with E-state index in [1.807, 2.05) is 6.92 Å². The summed E-state index contributed by atoms with van der Waals surface area (Å²) in [5, 5.41) is 3.15. The van der Waals surface area contributed by atoms with Gasteiger partial charge >= 0.3 is 6.09 Å². The molecule has 172 valence electrons. The first-order valence-electron chi connectivity index (χ1n) is 11.7. The summed E-state index contributed by atoms with van der Waals surface area (Å²) in [6, 6.07) is 9.09. The van der Waals surface area contributed by atoms with Crippen molar-refractivity contribution in [2.75, 3.05) is 52.4 Å². The van der Waals surface area contributed by atoms with Crippen molar-refractivity contribution in [2.45, 2.75) is 52.1 Å². The lowest BCUT2D eigenvalue weighted by molar-refractivity contribution is -0.123. The average Bonchev–Trinajstić information content (AvgIpc) is 2.76. The summed E-state index contributed by atoms with van der Waals surface area (Å²) < 4.78 is 5.05. The predicted molar refractivity (Wildman–Crippen MR) is 122 cm³/mol. The number of benzene rings is 1. The van der Waals surface area contributed by atoms with Gasteiger partial charge in [0.25, 0.3) is 0 Å². The fraction of sp³-hybridized carbons (Fsp3) is 0.667. The molecule has 7 heteroatoms. The number of nitrogens with zero attached hydrogens (tertiary/aromatic N) is 3. The topological polar surface area (TPSA) is 65.1 Å². The number of amides is 2. The first-order valence-corrected chi connectivity index (χ1v) is 11.7. The van der Waals surface area contributed by atoms with E-state index in [0.717, 1.165) is 45.6 Å². The van der Waals surface area contributed by atoms with Crippen LogP contribution < -0.4 is 5.32 Å². The molecule has 0 radical (unpaired) electrons. The monoisotopic (exact) mass is 430 g/mol. The highest BCUT2D eigenvalue weighted by atomic mass is 16.6. The highest BCUT2D eigenvalue weighted by Gasteiger charge is 2.25. The molecule has 2 aliphatic rings. The number of nitrogens with one attached hydrogen (secondary N) is 1. The van der Waals surface area contributed by atoms with Crippen molar-refractivity contribution >= 4 is 12.0 Å². The zero-order chi connectivity index (χ0) is 22.2. The van der Waals surface area contributed by atoms with Crippen molar-refractivity contribution in [1.82, 2.24) is 20.0 Å². The van der Waals surface area contributed by atoms with Gasteiger partial charge in [0, 0.05) is 51.9 Å². The van der Waals surface area contributed by atoms with Crippen LogP contribution in [0.1, 0.15) is 50.7 Å². The number of piperazine rings is 1. The average molecular weight is 431 g/mol. The lowest BCUT2D eigenvalue weighted by Gasteiger charge is -2.35. The Hall–Kier alpha value is -2.12. The molecule has 0 atom stereocenters. The zero-order valence-corrected chi connectivity index (χ0v) is 19.3. The number of ether oxygens (including phenoxy) is 1. The molecule has 0 aromatic heterocycles. The summed E-state index contributed by atoms with van der Waals surface area (Å²) in [6.07, 6.45) is 1.32. The Balaban J connectivity index is 1.33. The van der Waals surface area contributed by atoms with E-state index in [-0.39, 0.29) is 18.0 Å². The number of hydrogen-bond acceptors (Lipinski definition) is 5. The van der Waals surface area contributed by atoms with E-state index in [2.05, 4.69) is 53.2 Å². The maximum atomic E-state index is 12.5.